The number of aryl methyl sites for hydroxylation is 2. The summed E-state index contributed by atoms with van der Waals surface area (Å²) in [7, 11) is 1.64. The van der Waals surface area contributed by atoms with Gasteiger partial charge in [-0.1, -0.05) is 6.07 Å². The van der Waals surface area contributed by atoms with E-state index < -0.39 is 0 Å². The predicted octanol–water partition coefficient (Wildman–Crippen LogP) is 4.77. The summed E-state index contributed by atoms with van der Waals surface area (Å²) in [5.74, 6) is 2.24. The fourth-order valence-electron chi connectivity index (χ4n) is 2.89. The van der Waals surface area contributed by atoms with Crippen molar-refractivity contribution in [2.45, 2.75) is 26.8 Å². The smallest absolute Gasteiger partial charge is 0.138 e. The zero-order chi connectivity index (χ0) is 18.1. The van der Waals surface area contributed by atoms with Crippen LogP contribution < -0.4 is 15.8 Å². The van der Waals surface area contributed by atoms with Crippen molar-refractivity contribution in [1.82, 2.24) is 9.97 Å². The van der Waals surface area contributed by atoms with Crippen molar-refractivity contribution in [2.24, 2.45) is 0 Å². The highest BCUT2D eigenvalue weighted by Gasteiger charge is 2.14. The third kappa shape index (κ3) is 3.69. The van der Waals surface area contributed by atoms with Crippen molar-refractivity contribution in [3.8, 4) is 5.75 Å². The van der Waals surface area contributed by atoms with E-state index in [4.69, 9.17) is 10.5 Å². The first-order valence-electron chi connectivity index (χ1n) is 8.03. The van der Waals surface area contributed by atoms with Gasteiger partial charge in [0.05, 0.1) is 23.1 Å². The lowest BCUT2D eigenvalue weighted by molar-refractivity contribution is 0.412. The van der Waals surface area contributed by atoms with Crippen LogP contribution in [0.15, 0.2) is 34.8 Å². The summed E-state index contributed by atoms with van der Waals surface area (Å²) >= 11 is 3.54. The fourth-order valence-corrected chi connectivity index (χ4v) is 3.40. The normalized spacial score (nSPS) is 12.2. The van der Waals surface area contributed by atoms with Gasteiger partial charge in [0.15, 0.2) is 0 Å². The molecule has 6 heteroatoms. The molecule has 0 saturated carbocycles. The Hall–Kier alpha value is -2.34. The van der Waals surface area contributed by atoms with Gasteiger partial charge in [0.1, 0.15) is 17.4 Å². The van der Waals surface area contributed by atoms with Crippen molar-refractivity contribution in [3.63, 3.8) is 0 Å². The van der Waals surface area contributed by atoms with E-state index in [0.717, 1.165) is 43.8 Å². The molecule has 3 rings (SSSR count). The Morgan fingerprint density at radius 2 is 1.88 bits per heavy atom. The molecule has 3 aromatic rings. The number of nitrogens with one attached hydrogen (secondary N) is 1. The van der Waals surface area contributed by atoms with E-state index in [2.05, 4.69) is 44.2 Å². The minimum atomic E-state index is 0.0561. The number of halogens is 1. The predicted molar refractivity (Wildman–Crippen MR) is 106 cm³/mol. The molecule has 130 valence electrons. The first-order valence-corrected chi connectivity index (χ1v) is 8.82. The molecule has 1 atom stereocenters. The maximum absolute atomic E-state index is 5.98. The molecule has 3 N–H and O–H groups in total. The van der Waals surface area contributed by atoms with Crippen LogP contribution in [0.5, 0.6) is 5.75 Å². The summed E-state index contributed by atoms with van der Waals surface area (Å²) < 4.78 is 6.23. The van der Waals surface area contributed by atoms with E-state index >= 15 is 0 Å². The van der Waals surface area contributed by atoms with Crippen LogP contribution >= 0.6 is 15.9 Å². The van der Waals surface area contributed by atoms with Crippen molar-refractivity contribution in [3.05, 3.63) is 51.8 Å². The second kappa shape index (κ2) is 6.88. The van der Waals surface area contributed by atoms with Crippen LogP contribution in [0, 0.1) is 13.8 Å². The van der Waals surface area contributed by atoms with Gasteiger partial charge in [0, 0.05) is 17.1 Å². The lowest BCUT2D eigenvalue weighted by atomic mass is 10.0. The number of nitrogen functional groups attached to an aromatic ring is 1. The van der Waals surface area contributed by atoms with E-state index in [0.29, 0.717) is 5.82 Å². The van der Waals surface area contributed by atoms with E-state index in [1.807, 2.05) is 38.1 Å². The van der Waals surface area contributed by atoms with Crippen LogP contribution in [-0.4, -0.2) is 17.1 Å². The lowest BCUT2D eigenvalue weighted by Gasteiger charge is -2.18. The maximum atomic E-state index is 5.98. The molecule has 0 saturated heterocycles. The molecular formula is C19H21BrN4O. The van der Waals surface area contributed by atoms with Crippen molar-refractivity contribution >= 4 is 38.3 Å². The Morgan fingerprint density at radius 3 is 2.56 bits per heavy atom. The number of benzene rings is 2. The molecule has 0 unspecified atom stereocenters. The molecule has 0 aliphatic rings. The topological polar surface area (TPSA) is 73.1 Å². The number of fused-ring (bicyclic) bond motifs is 1. The Balaban J connectivity index is 2.04. The Morgan fingerprint density at radius 1 is 1.12 bits per heavy atom. The highest BCUT2D eigenvalue weighted by atomic mass is 79.9. The van der Waals surface area contributed by atoms with Crippen molar-refractivity contribution in [2.75, 3.05) is 18.2 Å². The molecule has 1 heterocycles. The monoisotopic (exact) mass is 400 g/mol. The molecule has 0 amide bonds. The molecule has 1 aromatic heterocycles. The Bertz CT molecular complexity index is 922. The number of hydrogen-bond donors (Lipinski definition) is 2. The van der Waals surface area contributed by atoms with Crippen LogP contribution in [0.4, 0.5) is 11.5 Å². The quantitative estimate of drug-likeness (QED) is 0.616. The van der Waals surface area contributed by atoms with Gasteiger partial charge in [0.2, 0.25) is 0 Å². The number of methoxy groups -OCH3 is 1. The molecule has 0 fully saturated rings. The van der Waals surface area contributed by atoms with E-state index in [1.54, 1.807) is 7.11 Å². The van der Waals surface area contributed by atoms with Gasteiger partial charge in [-0.05, 0) is 66.0 Å². The third-order valence-corrected chi connectivity index (χ3v) is 4.68. The Labute approximate surface area is 155 Å². The van der Waals surface area contributed by atoms with Gasteiger partial charge in [-0.15, -0.1) is 0 Å². The lowest BCUT2D eigenvalue weighted by Crippen LogP contribution is -2.10. The minimum absolute atomic E-state index is 0.0561. The molecule has 5 nitrogen and oxygen atoms in total. The number of nitrogens with zero attached hydrogens (tertiary/aromatic N) is 2. The highest BCUT2D eigenvalue weighted by molar-refractivity contribution is 9.10. The number of nitrogens with two attached hydrogens (primary N) is 1. The summed E-state index contributed by atoms with van der Waals surface area (Å²) in [6.07, 6.45) is 0. The second-order valence-electron chi connectivity index (χ2n) is 6.17. The van der Waals surface area contributed by atoms with Gasteiger partial charge in [0.25, 0.3) is 0 Å². The van der Waals surface area contributed by atoms with Crippen LogP contribution in [0.2, 0.25) is 0 Å². The summed E-state index contributed by atoms with van der Waals surface area (Å²) in [5, 5.41) is 4.43. The zero-order valence-corrected chi connectivity index (χ0v) is 16.3. The second-order valence-corrected chi connectivity index (χ2v) is 7.02. The molecule has 0 spiro atoms. The molecule has 0 aliphatic carbocycles. The molecule has 0 radical (unpaired) electrons. The largest absolute Gasteiger partial charge is 0.495 e. The molecule has 0 aliphatic heterocycles. The Kier molecular flexibility index (Phi) is 4.81. The standard InChI is InChI=1S/C19H21BrN4O/c1-10-5-13(7-14(21)6-10)11(2)22-19-15-8-16(20)18(25-4)9-17(15)23-12(3)24-19/h5-9,11H,21H2,1-4H3,(H,22,23,24)/t11-/m1/s1. The van der Waals surface area contributed by atoms with Gasteiger partial charge < -0.3 is 15.8 Å². The number of hydrogen-bond acceptors (Lipinski definition) is 5. The summed E-state index contributed by atoms with van der Waals surface area (Å²) in [6.45, 7) is 6.02. The summed E-state index contributed by atoms with van der Waals surface area (Å²) in [6, 6.07) is 10.0. The van der Waals surface area contributed by atoms with E-state index in [1.165, 1.54) is 0 Å². The number of rotatable bonds is 4. The summed E-state index contributed by atoms with van der Waals surface area (Å²) in [5.41, 5.74) is 9.84. The zero-order valence-electron chi connectivity index (χ0n) is 14.7. The van der Waals surface area contributed by atoms with Crippen molar-refractivity contribution in [1.29, 1.82) is 0 Å². The van der Waals surface area contributed by atoms with Gasteiger partial charge in [-0.3, -0.25) is 0 Å². The van der Waals surface area contributed by atoms with E-state index in [-0.39, 0.29) is 6.04 Å². The number of aromatic nitrogens is 2. The molecule has 0 bridgehead atoms. The van der Waals surface area contributed by atoms with Gasteiger partial charge in [-0.2, -0.15) is 0 Å². The summed E-state index contributed by atoms with van der Waals surface area (Å²) in [4.78, 5) is 9.12. The van der Waals surface area contributed by atoms with Crippen LogP contribution in [0.3, 0.4) is 0 Å². The van der Waals surface area contributed by atoms with E-state index in [9.17, 15) is 0 Å². The maximum Gasteiger partial charge on any atom is 0.138 e. The van der Waals surface area contributed by atoms with Crippen LogP contribution in [0.25, 0.3) is 10.9 Å². The third-order valence-electron chi connectivity index (χ3n) is 4.06. The minimum Gasteiger partial charge on any atom is -0.495 e. The SMILES string of the molecule is COc1cc2nc(C)nc(N[C@H](C)c3cc(C)cc(N)c3)c2cc1Br. The fraction of sp³-hybridized carbons (Fsp3) is 0.263. The average Bonchev–Trinajstić information content (AvgIpc) is 2.54. The van der Waals surface area contributed by atoms with Gasteiger partial charge in [-0.25, -0.2) is 9.97 Å². The highest BCUT2D eigenvalue weighted by Crippen LogP contribution is 2.33. The number of ether oxygens (including phenoxy) is 1. The first-order chi connectivity index (χ1) is 11.9. The van der Waals surface area contributed by atoms with Crippen LogP contribution in [-0.2, 0) is 0 Å². The van der Waals surface area contributed by atoms with Gasteiger partial charge >= 0.3 is 0 Å². The van der Waals surface area contributed by atoms with Crippen molar-refractivity contribution < 1.29 is 4.74 Å². The number of anilines is 2. The molecule has 2 aromatic carbocycles. The molecular weight excluding hydrogens is 380 g/mol. The first kappa shape index (κ1) is 17.5. The molecule has 25 heavy (non-hydrogen) atoms. The average molecular weight is 401 g/mol. The van der Waals surface area contributed by atoms with Crippen LogP contribution in [0.1, 0.15) is 29.9 Å².